The number of hydrogen-bond acceptors (Lipinski definition) is 5. The number of aromatic hydroxyl groups is 1. The Bertz CT molecular complexity index is 931. The molecular weight excluding hydrogens is 423 g/mol. The van der Waals surface area contributed by atoms with Crippen molar-refractivity contribution in [2.75, 3.05) is 6.61 Å². The standard InChI is InChI=1S/C18H14BrFN2O3S/c1-2-25-14-8-10(7-11(19)16(14)23)9-15-17(24)22-18(26-15)21-13-6-4-3-5-12(13)20/h3-9,23H,2H2,1H3,(H,21,22,24)/b15-9-. The van der Waals surface area contributed by atoms with Crippen LogP contribution in [0.2, 0.25) is 0 Å². The minimum atomic E-state index is -0.462. The van der Waals surface area contributed by atoms with Gasteiger partial charge in [0.15, 0.2) is 16.7 Å². The number of rotatable bonds is 4. The summed E-state index contributed by atoms with van der Waals surface area (Å²) in [6, 6.07) is 9.39. The van der Waals surface area contributed by atoms with Gasteiger partial charge in [-0.05, 0) is 70.5 Å². The molecule has 2 N–H and O–H groups in total. The first-order valence-electron chi connectivity index (χ1n) is 7.67. The Morgan fingerprint density at radius 1 is 1.38 bits per heavy atom. The number of halogens is 2. The average molecular weight is 437 g/mol. The highest BCUT2D eigenvalue weighted by Crippen LogP contribution is 2.37. The smallest absolute Gasteiger partial charge is 0.264 e. The van der Waals surface area contributed by atoms with E-state index in [2.05, 4.69) is 26.2 Å². The zero-order valence-electron chi connectivity index (χ0n) is 13.6. The number of nitrogens with zero attached hydrogens (tertiary/aromatic N) is 1. The monoisotopic (exact) mass is 436 g/mol. The number of ether oxygens (including phenoxy) is 1. The predicted octanol–water partition coefficient (Wildman–Crippen LogP) is 4.58. The van der Waals surface area contributed by atoms with Gasteiger partial charge in [-0.15, -0.1) is 0 Å². The van der Waals surface area contributed by atoms with Crippen molar-refractivity contribution < 1.29 is 19.0 Å². The highest BCUT2D eigenvalue weighted by molar-refractivity contribution is 9.10. The van der Waals surface area contributed by atoms with Crippen LogP contribution in [-0.4, -0.2) is 22.8 Å². The summed E-state index contributed by atoms with van der Waals surface area (Å²) < 4.78 is 19.5. The number of amidine groups is 1. The Kier molecular flexibility index (Phi) is 5.63. The third kappa shape index (κ3) is 4.08. The molecule has 26 heavy (non-hydrogen) atoms. The van der Waals surface area contributed by atoms with Gasteiger partial charge in [-0.2, -0.15) is 0 Å². The first kappa shape index (κ1) is 18.5. The largest absolute Gasteiger partial charge is 0.503 e. The van der Waals surface area contributed by atoms with Crippen molar-refractivity contribution in [3.05, 3.63) is 57.2 Å². The quantitative estimate of drug-likeness (QED) is 0.687. The van der Waals surface area contributed by atoms with Gasteiger partial charge in [-0.3, -0.25) is 4.79 Å². The lowest BCUT2D eigenvalue weighted by molar-refractivity contribution is -0.115. The molecule has 0 radical (unpaired) electrons. The number of aliphatic imine (C=N–C) groups is 1. The van der Waals surface area contributed by atoms with Crippen molar-refractivity contribution in [2.45, 2.75) is 6.92 Å². The molecule has 2 aromatic rings. The van der Waals surface area contributed by atoms with Crippen LogP contribution in [0.25, 0.3) is 6.08 Å². The zero-order valence-corrected chi connectivity index (χ0v) is 16.0. The summed E-state index contributed by atoms with van der Waals surface area (Å²) >= 11 is 4.38. The van der Waals surface area contributed by atoms with Crippen molar-refractivity contribution in [3.63, 3.8) is 0 Å². The van der Waals surface area contributed by atoms with E-state index in [1.165, 1.54) is 12.1 Å². The molecule has 2 aromatic carbocycles. The second-order valence-electron chi connectivity index (χ2n) is 5.22. The molecule has 0 bridgehead atoms. The zero-order chi connectivity index (χ0) is 18.7. The maximum Gasteiger partial charge on any atom is 0.264 e. The van der Waals surface area contributed by atoms with Gasteiger partial charge in [0.2, 0.25) is 0 Å². The number of benzene rings is 2. The Morgan fingerprint density at radius 2 is 2.15 bits per heavy atom. The van der Waals surface area contributed by atoms with E-state index in [0.29, 0.717) is 32.5 Å². The van der Waals surface area contributed by atoms with Crippen LogP contribution in [0.15, 0.2) is 50.8 Å². The maximum atomic E-state index is 13.7. The van der Waals surface area contributed by atoms with Gasteiger partial charge in [-0.25, -0.2) is 9.38 Å². The fourth-order valence-corrected chi connectivity index (χ4v) is 3.52. The molecule has 0 atom stereocenters. The van der Waals surface area contributed by atoms with Gasteiger partial charge in [0.25, 0.3) is 5.91 Å². The Labute approximate surface area is 162 Å². The molecule has 5 nitrogen and oxygen atoms in total. The highest BCUT2D eigenvalue weighted by atomic mass is 79.9. The highest BCUT2D eigenvalue weighted by Gasteiger charge is 2.24. The normalized spacial score (nSPS) is 17.0. The average Bonchev–Trinajstić information content (AvgIpc) is 2.94. The molecule has 3 rings (SSSR count). The van der Waals surface area contributed by atoms with E-state index in [0.717, 1.165) is 11.8 Å². The lowest BCUT2D eigenvalue weighted by Gasteiger charge is -2.08. The second kappa shape index (κ2) is 7.92. The number of carbonyl (C=O) groups is 1. The van der Waals surface area contributed by atoms with E-state index >= 15 is 0 Å². The van der Waals surface area contributed by atoms with Crippen LogP contribution in [0.1, 0.15) is 12.5 Å². The third-order valence-corrected chi connectivity index (χ3v) is 4.89. The molecule has 0 spiro atoms. The van der Waals surface area contributed by atoms with E-state index in [-0.39, 0.29) is 17.3 Å². The van der Waals surface area contributed by atoms with Crippen molar-refractivity contribution in [3.8, 4) is 11.5 Å². The van der Waals surface area contributed by atoms with E-state index in [9.17, 15) is 14.3 Å². The molecule has 1 fully saturated rings. The number of phenols is 1. The number of hydrogen-bond donors (Lipinski definition) is 2. The minimum absolute atomic E-state index is 0.000620. The SMILES string of the molecule is CCOc1cc(/C=C2\SC(=Nc3ccccc3F)NC2=O)cc(Br)c1O. The third-order valence-electron chi connectivity index (χ3n) is 3.37. The Hall–Kier alpha value is -2.32. The van der Waals surface area contributed by atoms with Crippen LogP contribution < -0.4 is 10.1 Å². The summed E-state index contributed by atoms with van der Waals surface area (Å²) in [6.45, 7) is 2.21. The molecule has 0 unspecified atom stereocenters. The number of para-hydroxylation sites is 1. The van der Waals surface area contributed by atoms with Crippen LogP contribution in [0, 0.1) is 5.82 Å². The van der Waals surface area contributed by atoms with Gasteiger partial charge in [0.1, 0.15) is 11.5 Å². The first-order chi connectivity index (χ1) is 12.5. The van der Waals surface area contributed by atoms with E-state index < -0.39 is 5.82 Å². The predicted molar refractivity (Wildman–Crippen MR) is 104 cm³/mol. The van der Waals surface area contributed by atoms with E-state index in [1.807, 2.05) is 6.92 Å². The van der Waals surface area contributed by atoms with Crippen molar-refractivity contribution in [1.82, 2.24) is 5.32 Å². The number of carbonyl (C=O) groups excluding carboxylic acids is 1. The van der Waals surface area contributed by atoms with Crippen molar-refractivity contribution in [2.24, 2.45) is 4.99 Å². The molecule has 0 saturated carbocycles. The fraction of sp³-hybridized carbons (Fsp3) is 0.111. The molecule has 1 saturated heterocycles. The molecule has 0 aromatic heterocycles. The van der Waals surface area contributed by atoms with Gasteiger partial charge < -0.3 is 15.2 Å². The molecule has 1 aliphatic heterocycles. The molecular formula is C18H14BrFN2O3S. The van der Waals surface area contributed by atoms with Crippen molar-refractivity contribution in [1.29, 1.82) is 0 Å². The van der Waals surface area contributed by atoms with Crippen LogP contribution in [0.3, 0.4) is 0 Å². The van der Waals surface area contributed by atoms with Crippen LogP contribution in [-0.2, 0) is 4.79 Å². The minimum Gasteiger partial charge on any atom is -0.503 e. The van der Waals surface area contributed by atoms with Crippen LogP contribution in [0.4, 0.5) is 10.1 Å². The summed E-state index contributed by atoms with van der Waals surface area (Å²) in [7, 11) is 0. The van der Waals surface area contributed by atoms with E-state index in [4.69, 9.17) is 4.74 Å². The van der Waals surface area contributed by atoms with Gasteiger partial charge in [0, 0.05) is 0 Å². The van der Waals surface area contributed by atoms with Gasteiger partial charge >= 0.3 is 0 Å². The van der Waals surface area contributed by atoms with Gasteiger partial charge in [0.05, 0.1) is 16.0 Å². The Morgan fingerprint density at radius 3 is 2.88 bits per heavy atom. The number of nitrogens with one attached hydrogen (secondary N) is 1. The van der Waals surface area contributed by atoms with E-state index in [1.54, 1.807) is 30.3 Å². The lowest BCUT2D eigenvalue weighted by Crippen LogP contribution is -2.19. The maximum absolute atomic E-state index is 13.7. The summed E-state index contributed by atoms with van der Waals surface area (Å²) in [6.07, 6.45) is 1.65. The fourth-order valence-electron chi connectivity index (χ4n) is 2.23. The molecule has 1 aliphatic rings. The summed E-state index contributed by atoms with van der Waals surface area (Å²) in [5, 5.41) is 12.9. The summed E-state index contributed by atoms with van der Waals surface area (Å²) in [5.74, 6) is -0.472. The summed E-state index contributed by atoms with van der Waals surface area (Å²) in [5.41, 5.74) is 0.825. The first-order valence-corrected chi connectivity index (χ1v) is 9.28. The molecule has 0 aliphatic carbocycles. The van der Waals surface area contributed by atoms with Crippen LogP contribution >= 0.6 is 27.7 Å². The van der Waals surface area contributed by atoms with Crippen LogP contribution in [0.5, 0.6) is 11.5 Å². The lowest BCUT2D eigenvalue weighted by atomic mass is 10.2. The number of phenolic OH excluding ortho intramolecular Hbond substituents is 1. The molecule has 134 valence electrons. The Balaban J connectivity index is 1.89. The topological polar surface area (TPSA) is 70.9 Å². The molecule has 1 heterocycles. The summed E-state index contributed by atoms with van der Waals surface area (Å²) in [4.78, 5) is 16.7. The molecule has 1 amide bonds. The molecule has 8 heteroatoms. The van der Waals surface area contributed by atoms with Crippen molar-refractivity contribution >= 4 is 50.5 Å². The second-order valence-corrected chi connectivity index (χ2v) is 7.10. The van der Waals surface area contributed by atoms with Gasteiger partial charge in [-0.1, -0.05) is 12.1 Å². The number of amides is 1. The number of thioether (sulfide) groups is 1.